The molecule has 1 aliphatic carbocycles. The zero-order chi connectivity index (χ0) is 18.2. The number of hydrogen-bond donors (Lipinski definition) is 2. The summed E-state index contributed by atoms with van der Waals surface area (Å²) in [4.78, 5) is 24.1. The highest BCUT2D eigenvalue weighted by Gasteiger charge is 2.22. The van der Waals surface area contributed by atoms with Gasteiger partial charge in [-0.05, 0) is 39.7 Å². The van der Waals surface area contributed by atoms with E-state index in [1.807, 2.05) is 45.0 Å². The van der Waals surface area contributed by atoms with Crippen molar-refractivity contribution < 1.29 is 14.3 Å². The molecule has 1 atom stereocenters. The fourth-order valence-corrected chi connectivity index (χ4v) is 3.22. The van der Waals surface area contributed by atoms with Gasteiger partial charge in [0.2, 0.25) is 11.8 Å². The molecule has 0 unspecified atom stereocenters. The van der Waals surface area contributed by atoms with Gasteiger partial charge >= 0.3 is 0 Å². The molecule has 0 aromatic heterocycles. The van der Waals surface area contributed by atoms with Gasteiger partial charge in [0, 0.05) is 24.4 Å². The Labute approximate surface area is 150 Å². The smallest absolute Gasteiger partial charge is 0.223 e. The Balaban J connectivity index is 1.79. The first-order valence-corrected chi connectivity index (χ1v) is 9.30. The molecule has 0 spiro atoms. The van der Waals surface area contributed by atoms with Crippen molar-refractivity contribution in [1.29, 1.82) is 0 Å². The largest absolute Gasteiger partial charge is 0.491 e. The van der Waals surface area contributed by atoms with Crippen LogP contribution in [0.4, 0.5) is 0 Å². The van der Waals surface area contributed by atoms with Gasteiger partial charge in [-0.25, -0.2) is 0 Å². The lowest BCUT2D eigenvalue weighted by Gasteiger charge is -2.20. The molecular formula is C20H30N2O3. The topological polar surface area (TPSA) is 67.4 Å². The Morgan fingerprint density at radius 3 is 2.52 bits per heavy atom. The highest BCUT2D eigenvalue weighted by Crippen LogP contribution is 2.26. The van der Waals surface area contributed by atoms with E-state index in [9.17, 15) is 9.59 Å². The van der Waals surface area contributed by atoms with Gasteiger partial charge in [0.25, 0.3) is 0 Å². The van der Waals surface area contributed by atoms with Crippen LogP contribution in [0.25, 0.3) is 0 Å². The molecule has 2 N–H and O–H groups in total. The Bertz CT molecular complexity index is 580. The van der Waals surface area contributed by atoms with Crippen molar-refractivity contribution in [2.45, 2.75) is 65.0 Å². The van der Waals surface area contributed by atoms with E-state index >= 15 is 0 Å². The Hall–Kier alpha value is -2.04. The first kappa shape index (κ1) is 19.3. The third-order valence-electron chi connectivity index (χ3n) is 4.50. The third kappa shape index (κ3) is 6.07. The molecule has 5 heteroatoms. The van der Waals surface area contributed by atoms with Gasteiger partial charge in [-0.15, -0.1) is 0 Å². The quantitative estimate of drug-likeness (QED) is 0.758. The normalized spacial score (nSPS) is 15.8. The van der Waals surface area contributed by atoms with Crippen LogP contribution < -0.4 is 15.4 Å². The number of nitrogens with one attached hydrogen (secondary N) is 2. The fraction of sp³-hybridized carbons (Fsp3) is 0.600. The van der Waals surface area contributed by atoms with Crippen molar-refractivity contribution >= 4 is 11.8 Å². The van der Waals surface area contributed by atoms with Gasteiger partial charge in [-0.3, -0.25) is 9.59 Å². The van der Waals surface area contributed by atoms with Crippen LogP contribution in [-0.2, 0) is 9.59 Å². The summed E-state index contributed by atoms with van der Waals surface area (Å²) in [6.07, 6.45) is 4.58. The predicted molar refractivity (Wildman–Crippen MR) is 98.3 cm³/mol. The maximum Gasteiger partial charge on any atom is 0.223 e. The summed E-state index contributed by atoms with van der Waals surface area (Å²) in [5.74, 6) is 0.953. The lowest BCUT2D eigenvalue weighted by Crippen LogP contribution is -2.34. The summed E-state index contributed by atoms with van der Waals surface area (Å²) < 4.78 is 5.81. The molecule has 1 aromatic carbocycles. The monoisotopic (exact) mass is 346 g/mol. The van der Waals surface area contributed by atoms with Crippen LogP contribution in [0.15, 0.2) is 24.3 Å². The summed E-state index contributed by atoms with van der Waals surface area (Å²) in [5, 5.41) is 5.86. The van der Waals surface area contributed by atoms with Crippen LogP contribution in [0, 0.1) is 5.92 Å². The SMILES string of the molecule is CC(C)Oc1ccccc1[C@@H](C)NC(=O)CCNC(=O)C1CCCC1. The average molecular weight is 346 g/mol. The van der Waals surface area contributed by atoms with Gasteiger partial charge in [0.1, 0.15) is 5.75 Å². The summed E-state index contributed by atoms with van der Waals surface area (Å²) in [7, 11) is 0. The molecule has 0 aliphatic heterocycles. The minimum Gasteiger partial charge on any atom is -0.491 e. The van der Waals surface area contributed by atoms with Gasteiger partial charge in [-0.1, -0.05) is 31.0 Å². The molecule has 1 aliphatic rings. The molecule has 1 saturated carbocycles. The molecule has 0 radical (unpaired) electrons. The van der Waals surface area contributed by atoms with Crippen molar-refractivity contribution in [3.63, 3.8) is 0 Å². The van der Waals surface area contributed by atoms with E-state index in [4.69, 9.17) is 4.74 Å². The van der Waals surface area contributed by atoms with E-state index in [-0.39, 0.29) is 36.3 Å². The lowest BCUT2D eigenvalue weighted by molar-refractivity contribution is -0.125. The highest BCUT2D eigenvalue weighted by molar-refractivity contribution is 5.80. The molecule has 1 aromatic rings. The van der Waals surface area contributed by atoms with Crippen molar-refractivity contribution in [2.75, 3.05) is 6.54 Å². The Morgan fingerprint density at radius 1 is 1.16 bits per heavy atom. The number of carbonyl (C=O) groups is 2. The van der Waals surface area contributed by atoms with Crippen LogP contribution >= 0.6 is 0 Å². The highest BCUT2D eigenvalue weighted by atomic mass is 16.5. The second-order valence-corrected chi connectivity index (χ2v) is 7.02. The van der Waals surface area contributed by atoms with Crippen LogP contribution in [0.3, 0.4) is 0 Å². The number of rotatable bonds is 8. The molecule has 138 valence electrons. The minimum atomic E-state index is -0.145. The number of amides is 2. The van der Waals surface area contributed by atoms with Gasteiger partial charge < -0.3 is 15.4 Å². The average Bonchev–Trinajstić information content (AvgIpc) is 3.09. The molecule has 1 fully saturated rings. The van der Waals surface area contributed by atoms with Gasteiger partial charge in [0.05, 0.1) is 12.1 Å². The van der Waals surface area contributed by atoms with Crippen LogP contribution in [-0.4, -0.2) is 24.5 Å². The summed E-state index contributed by atoms with van der Waals surface area (Å²) in [6, 6.07) is 7.60. The maximum absolute atomic E-state index is 12.2. The first-order chi connectivity index (χ1) is 12.0. The molecule has 0 saturated heterocycles. The van der Waals surface area contributed by atoms with Crippen LogP contribution in [0.2, 0.25) is 0 Å². The maximum atomic E-state index is 12.2. The van der Waals surface area contributed by atoms with Crippen molar-refractivity contribution in [3.05, 3.63) is 29.8 Å². The number of carbonyl (C=O) groups excluding carboxylic acids is 2. The molecule has 5 nitrogen and oxygen atoms in total. The standard InChI is InChI=1S/C20H30N2O3/c1-14(2)25-18-11-7-6-10-17(18)15(3)22-19(23)12-13-21-20(24)16-8-4-5-9-16/h6-7,10-11,14-16H,4-5,8-9,12-13H2,1-3H3,(H,21,24)(H,22,23)/t15-/m1/s1. The van der Waals surface area contributed by atoms with E-state index in [2.05, 4.69) is 10.6 Å². The molecule has 25 heavy (non-hydrogen) atoms. The predicted octanol–water partition coefficient (Wildman–Crippen LogP) is 3.35. The van der Waals surface area contributed by atoms with Crippen molar-refractivity contribution in [3.8, 4) is 5.75 Å². The van der Waals surface area contributed by atoms with Crippen LogP contribution in [0.5, 0.6) is 5.75 Å². The molecule has 2 amide bonds. The van der Waals surface area contributed by atoms with Crippen molar-refractivity contribution in [2.24, 2.45) is 5.92 Å². The van der Waals surface area contributed by atoms with E-state index < -0.39 is 0 Å². The molecule has 0 bridgehead atoms. The Morgan fingerprint density at radius 2 is 1.84 bits per heavy atom. The molecule has 0 heterocycles. The van der Waals surface area contributed by atoms with Crippen LogP contribution in [0.1, 0.15) is 64.5 Å². The second-order valence-electron chi connectivity index (χ2n) is 7.02. The zero-order valence-electron chi connectivity index (χ0n) is 15.5. The number of para-hydroxylation sites is 1. The number of hydrogen-bond acceptors (Lipinski definition) is 3. The fourth-order valence-electron chi connectivity index (χ4n) is 3.22. The Kier molecular flexibility index (Phi) is 7.29. The summed E-state index contributed by atoms with van der Waals surface area (Å²) in [6.45, 7) is 6.29. The van der Waals surface area contributed by atoms with E-state index in [0.29, 0.717) is 6.54 Å². The number of benzene rings is 1. The molecular weight excluding hydrogens is 316 g/mol. The minimum absolute atomic E-state index is 0.0708. The first-order valence-electron chi connectivity index (χ1n) is 9.30. The summed E-state index contributed by atoms with van der Waals surface area (Å²) in [5.41, 5.74) is 0.958. The van der Waals surface area contributed by atoms with Crippen molar-refractivity contribution in [1.82, 2.24) is 10.6 Å². The van der Waals surface area contributed by atoms with E-state index in [1.165, 1.54) is 0 Å². The van der Waals surface area contributed by atoms with Gasteiger partial charge in [0.15, 0.2) is 0 Å². The van der Waals surface area contributed by atoms with Gasteiger partial charge in [-0.2, -0.15) is 0 Å². The zero-order valence-corrected chi connectivity index (χ0v) is 15.5. The third-order valence-corrected chi connectivity index (χ3v) is 4.50. The number of ether oxygens (including phenoxy) is 1. The lowest BCUT2D eigenvalue weighted by atomic mass is 10.1. The summed E-state index contributed by atoms with van der Waals surface area (Å²) >= 11 is 0. The molecule has 2 rings (SSSR count). The van der Waals surface area contributed by atoms with E-state index in [0.717, 1.165) is 37.0 Å². The van der Waals surface area contributed by atoms with E-state index in [1.54, 1.807) is 0 Å². The second kappa shape index (κ2) is 9.44.